The Morgan fingerprint density at radius 1 is 1.13 bits per heavy atom. The number of aliphatic carboxylic acids is 1. The van der Waals surface area contributed by atoms with E-state index < -0.39 is 23.8 Å². The number of hydrogen-bond acceptors (Lipinski definition) is 4. The van der Waals surface area contributed by atoms with Crippen molar-refractivity contribution in [2.75, 3.05) is 0 Å². The molecule has 1 N–H and O–H groups in total. The van der Waals surface area contributed by atoms with Crippen LogP contribution in [0.3, 0.4) is 0 Å². The summed E-state index contributed by atoms with van der Waals surface area (Å²) in [5.41, 5.74) is 1.01. The lowest BCUT2D eigenvalue weighted by Crippen LogP contribution is -2.46. The van der Waals surface area contributed by atoms with Gasteiger partial charge in [-0.3, -0.25) is 14.5 Å². The lowest BCUT2D eigenvalue weighted by Gasteiger charge is -2.22. The van der Waals surface area contributed by atoms with Gasteiger partial charge in [-0.15, -0.1) is 0 Å². The van der Waals surface area contributed by atoms with Crippen molar-refractivity contribution in [3.05, 3.63) is 64.4 Å². The smallest absolute Gasteiger partial charge is 0.327 e. The lowest BCUT2D eigenvalue weighted by molar-refractivity contribution is -0.141. The van der Waals surface area contributed by atoms with E-state index in [0.29, 0.717) is 5.56 Å². The number of carboxylic acid groups (broad SMARTS) is 1. The maximum absolute atomic E-state index is 12.4. The Balaban J connectivity index is 1.94. The SMILES string of the molecule is O=C(O)C(Cc1ccc(Cl)nc1)N1C(=O)c2ccccc2C1=O. The highest BCUT2D eigenvalue weighted by Crippen LogP contribution is 2.26. The lowest BCUT2D eigenvalue weighted by atomic mass is 10.1. The standard InChI is InChI=1S/C16H11ClN2O4/c17-13-6-5-9(8-18-13)7-12(16(22)23)19-14(20)10-3-1-2-4-11(10)15(19)21/h1-6,8,12H,7H2,(H,22,23). The molecule has 2 amide bonds. The van der Waals surface area contributed by atoms with Crippen LogP contribution in [0, 0.1) is 0 Å². The Morgan fingerprint density at radius 2 is 1.74 bits per heavy atom. The average Bonchev–Trinajstić information content (AvgIpc) is 2.79. The summed E-state index contributed by atoms with van der Waals surface area (Å²) in [5, 5.41) is 9.75. The molecule has 0 bridgehead atoms. The van der Waals surface area contributed by atoms with E-state index >= 15 is 0 Å². The molecule has 0 saturated heterocycles. The zero-order chi connectivity index (χ0) is 16.6. The highest BCUT2D eigenvalue weighted by Gasteiger charge is 2.42. The summed E-state index contributed by atoms with van der Waals surface area (Å²) in [6, 6.07) is 8.13. The quantitative estimate of drug-likeness (QED) is 0.684. The first kappa shape index (κ1) is 15.2. The molecule has 0 saturated carbocycles. The zero-order valence-corrected chi connectivity index (χ0v) is 12.5. The van der Waals surface area contributed by atoms with Crippen LogP contribution in [0.25, 0.3) is 0 Å². The van der Waals surface area contributed by atoms with Gasteiger partial charge < -0.3 is 5.11 Å². The number of amides is 2. The molecule has 116 valence electrons. The highest BCUT2D eigenvalue weighted by atomic mass is 35.5. The normalized spacial score (nSPS) is 14.7. The maximum atomic E-state index is 12.4. The van der Waals surface area contributed by atoms with Gasteiger partial charge in [-0.05, 0) is 23.8 Å². The number of halogens is 1. The van der Waals surface area contributed by atoms with Gasteiger partial charge in [0.1, 0.15) is 11.2 Å². The maximum Gasteiger partial charge on any atom is 0.327 e. The largest absolute Gasteiger partial charge is 0.480 e. The number of hydrogen-bond donors (Lipinski definition) is 1. The van der Waals surface area contributed by atoms with E-state index in [2.05, 4.69) is 4.98 Å². The van der Waals surface area contributed by atoms with Crippen molar-refractivity contribution in [3.8, 4) is 0 Å². The summed E-state index contributed by atoms with van der Waals surface area (Å²) in [5.74, 6) is -2.45. The molecule has 1 atom stereocenters. The van der Waals surface area contributed by atoms with Crippen LogP contribution in [0.15, 0.2) is 42.6 Å². The van der Waals surface area contributed by atoms with Crippen molar-refractivity contribution in [2.45, 2.75) is 12.5 Å². The molecule has 2 heterocycles. The molecule has 1 aromatic carbocycles. The molecule has 6 nitrogen and oxygen atoms in total. The molecule has 0 aliphatic carbocycles. The molecule has 7 heteroatoms. The molecule has 23 heavy (non-hydrogen) atoms. The Morgan fingerprint density at radius 3 is 2.22 bits per heavy atom. The predicted molar refractivity (Wildman–Crippen MR) is 81.3 cm³/mol. The molecule has 0 spiro atoms. The molecule has 1 aliphatic heterocycles. The van der Waals surface area contributed by atoms with Crippen LogP contribution in [-0.4, -0.2) is 38.8 Å². The van der Waals surface area contributed by atoms with Gasteiger partial charge in [-0.2, -0.15) is 0 Å². The topological polar surface area (TPSA) is 87.6 Å². The van der Waals surface area contributed by atoms with Gasteiger partial charge in [0.2, 0.25) is 0 Å². The van der Waals surface area contributed by atoms with E-state index in [1.165, 1.54) is 24.4 Å². The van der Waals surface area contributed by atoms with Crippen LogP contribution in [0.4, 0.5) is 0 Å². The van der Waals surface area contributed by atoms with Gasteiger partial charge in [0.15, 0.2) is 0 Å². The number of benzene rings is 1. The Kier molecular flexibility index (Phi) is 3.83. The summed E-state index contributed by atoms with van der Waals surface area (Å²) in [6.45, 7) is 0. The molecule has 1 unspecified atom stereocenters. The second-order valence-electron chi connectivity index (χ2n) is 5.07. The number of carbonyl (C=O) groups excluding carboxylic acids is 2. The average molecular weight is 331 g/mol. The number of rotatable bonds is 4. The minimum Gasteiger partial charge on any atom is -0.480 e. The molecule has 0 fully saturated rings. The summed E-state index contributed by atoms with van der Waals surface area (Å²) in [4.78, 5) is 41.1. The third kappa shape index (κ3) is 2.68. The van der Waals surface area contributed by atoms with Crippen LogP contribution in [0.5, 0.6) is 0 Å². The van der Waals surface area contributed by atoms with Gasteiger partial charge in [-0.25, -0.2) is 9.78 Å². The van der Waals surface area contributed by atoms with Crippen molar-refractivity contribution in [1.29, 1.82) is 0 Å². The van der Waals surface area contributed by atoms with E-state index in [-0.39, 0.29) is 22.7 Å². The fourth-order valence-corrected chi connectivity index (χ4v) is 2.64. The van der Waals surface area contributed by atoms with Crippen molar-refractivity contribution in [2.24, 2.45) is 0 Å². The van der Waals surface area contributed by atoms with E-state index in [4.69, 9.17) is 11.6 Å². The number of aromatic nitrogens is 1. The minimum absolute atomic E-state index is 0.0367. The first-order valence-corrected chi connectivity index (χ1v) is 7.17. The van der Waals surface area contributed by atoms with Gasteiger partial charge in [0.05, 0.1) is 11.1 Å². The summed E-state index contributed by atoms with van der Waals surface area (Å²) in [6.07, 6.45) is 1.39. The fraction of sp³-hybridized carbons (Fsp3) is 0.125. The number of imide groups is 1. The Bertz CT molecular complexity index is 769. The number of fused-ring (bicyclic) bond motifs is 1. The third-order valence-corrected chi connectivity index (χ3v) is 3.86. The van der Waals surface area contributed by atoms with Gasteiger partial charge in [-0.1, -0.05) is 29.8 Å². The highest BCUT2D eigenvalue weighted by molar-refractivity contribution is 6.29. The molecule has 2 aromatic rings. The summed E-state index contributed by atoms with van der Waals surface area (Å²) >= 11 is 5.70. The second kappa shape index (κ2) is 5.81. The molecule has 1 aliphatic rings. The molecule has 0 radical (unpaired) electrons. The number of carboxylic acids is 1. The third-order valence-electron chi connectivity index (χ3n) is 3.64. The number of carbonyl (C=O) groups is 3. The van der Waals surface area contributed by atoms with E-state index in [9.17, 15) is 19.5 Å². The Hall–Kier alpha value is -2.73. The Labute approximate surface area is 136 Å². The first-order valence-electron chi connectivity index (χ1n) is 6.79. The number of pyridine rings is 1. The van der Waals surface area contributed by atoms with Crippen LogP contribution < -0.4 is 0 Å². The predicted octanol–water partition coefficient (Wildman–Crippen LogP) is 2.03. The van der Waals surface area contributed by atoms with Gasteiger partial charge >= 0.3 is 5.97 Å². The monoisotopic (exact) mass is 330 g/mol. The van der Waals surface area contributed by atoms with Crippen molar-refractivity contribution >= 4 is 29.4 Å². The van der Waals surface area contributed by atoms with Crippen LogP contribution in [0.1, 0.15) is 26.3 Å². The molecule has 1 aromatic heterocycles. The summed E-state index contributed by atoms with van der Waals surface area (Å²) in [7, 11) is 0. The van der Waals surface area contributed by atoms with E-state index in [1.54, 1.807) is 18.2 Å². The zero-order valence-electron chi connectivity index (χ0n) is 11.8. The minimum atomic E-state index is -1.30. The van der Waals surface area contributed by atoms with Crippen LogP contribution >= 0.6 is 11.6 Å². The van der Waals surface area contributed by atoms with Crippen LogP contribution in [0.2, 0.25) is 5.15 Å². The second-order valence-corrected chi connectivity index (χ2v) is 5.46. The van der Waals surface area contributed by atoms with Gasteiger partial charge in [0.25, 0.3) is 11.8 Å². The van der Waals surface area contributed by atoms with E-state index in [1.807, 2.05) is 0 Å². The molecule has 3 rings (SSSR count). The van der Waals surface area contributed by atoms with Gasteiger partial charge in [0, 0.05) is 12.6 Å². The van der Waals surface area contributed by atoms with Crippen LogP contribution in [-0.2, 0) is 11.2 Å². The number of nitrogens with zero attached hydrogens (tertiary/aromatic N) is 2. The van der Waals surface area contributed by atoms with Crippen molar-refractivity contribution < 1.29 is 19.5 Å². The first-order chi connectivity index (χ1) is 11.0. The van der Waals surface area contributed by atoms with E-state index in [0.717, 1.165) is 4.90 Å². The van der Waals surface area contributed by atoms with Crippen molar-refractivity contribution in [1.82, 2.24) is 9.88 Å². The van der Waals surface area contributed by atoms with Crippen molar-refractivity contribution in [3.63, 3.8) is 0 Å². The molecular weight excluding hydrogens is 320 g/mol. The summed E-state index contributed by atoms with van der Waals surface area (Å²) < 4.78 is 0. The molecular formula is C16H11ClN2O4. The fourth-order valence-electron chi connectivity index (χ4n) is 2.53.